The first kappa shape index (κ1) is 32.6. The van der Waals surface area contributed by atoms with E-state index in [9.17, 15) is 23.3 Å². The Morgan fingerprint density at radius 3 is 2.32 bits per heavy atom. The van der Waals surface area contributed by atoms with Crippen molar-refractivity contribution in [2.45, 2.75) is 65.2 Å². The Bertz CT molecular complexity index is 1620. The van der Waals surface area contributed by atoms with Crippen molar-refractivity contribution in [3.8, 4) is 11.8 Å². The molecule has 4 rings (SSSR count). The number of anilines is 1. The van der Waals surface area contributed by atoms with Crippen LogP contribution in [0.2, 0.25) is 0 Å². The number of fused-ring (bicyclic) bond motifs is 1. The molecule has 10 nitrogen and oxygen atoms in total. The SMILES string of the molecule is CCOC(=O)CCS(=O)(=O)N(Cc1ccc2ccc(C#N)cc2c1)c1ccc(OC2CCN(C(=O)OC(C)(C)C)CC2)cc1. The summed E-state index contributed by atoms with van der Waals surface area (Å²) >= 11 is 0. The molecule has 1 heterocycles. The van der Waals surface area contributed by atoms with Crippen LogP contribution in [0.3, 0.4) is 0 Å². The highest BCUT2D eigenvalue weighted by Crippen LogP contribution is 2.28. The fraction of sp³-hybridized carbons (Fsp3) is 0.424. The van der Waals surface area contributed by atoms with Gasteiger partial charge in [-0.1, -0.05) is 18.2 Å². The average Bonchev–Trinajstić information content (AvgIpc) is 2.98. The van der Waals surface area contributed by atoms with Crippen molar-refractivity contribution in [3.63, 3.8) is 0 Å². The van der Waals surface area contributed by atoms with E-state index in [-0.39, 0.29) is 31.8 Å². The summed E-state index contributed by atoms with van der Waals surface area (Å²) in [5.74, 6) is -0.401. The van der Waals surface area contributed by atoms with E-state index >= 15 is 0 Å². The molecule has 44 heavy (non-hydrogen) atoms. The molecule has 1 amide bonds. The minimum Gasteiger partial charge on any atom is -0.490 e. The number of esters is 1. The van der Waals surface area contributed by atoms with E-state index in [0.29, 0.717) is 42.9 Å². The summed E-state index contributed by atoms with van der Waals surface area (Å²) < 4.78 is 45.0. The molecule has 0 spiro atoms. The maximum Gasteiger partial charge on any atom is 0.410 e. The van der Waals surface area contributed by atoms with Crippen molar-refractivity contribution in [2.75, 3.05) is 29.8 Å². The molecule has 0 aromatic heterocycles. The Balaban J connectivity index is 1.50. The van der Waals surface area contributed by atoms with Crippen molar-refractivity contribution in [3.05, 3.63) is 71.8 Å². The second-order valence-corrected chi connectivity index (χ2v) is 13.7. The Hall–Kier alpha value is -4.30. The van der Waals surface area contributed by atoms with Gasteiger partial charge < -0.3 is 19.1 Å². The molecule has 0 aliphatic carbocycles. The number of rotatable bonds is 10. The van der Waals surface area contributed by atoms with Crippen LogP contribution in [0, 0.1) is 11.3 Å². The average molecular weight is 622 g/mol. The monoisotopic (exact) mass is 621 g/mol. The van der Waals surface area contributed by atoms with Gasteiger partial charge in [-0.3, -0.25) is 9.10 Å². The Morgan fingerprint density at radius 1 is 1.00 bits per heavy atom. The number of likely N-dealkylation sites (tertiary alicyclic amines) is 1. The summed E-state index contributed by atoms with van der Waals surface area (Å²) in [5, 5.41) is 11.1. The first-order valence-electron chi connectivity index (χ1n) is 14.7. The van der Waals surface area contributed by atoms with Crippen molar-refractivity contribution in [1.29, 1.82) is 5.26 Å². The lowest BCUT2D eigenvalue weighted by Crippen LogP contribution is -2.44. The molecule has 1 saturated heterocycles. The number of carbonyl (C=O) groups excluding carboxylic acids is 2. The van der Waals surface area contributed by atoms with Crippen LogP contribution < -0.4 is 9.04 Å². The molecule has 3 aromatic rings. The van der Waals surface area contributed by atoms with E-state index in [0.717, 1.165) is 16.3 Å². The van der Waals surface area contributed by atoms with Gasteiger partial charge in [0, 0.05) is 25.9 Å². The fourth-order valence-electron chi connectivity index (χ4n) is 4.90. The molecule has 0 saturated carbocycles. The molecule has 1 fully saturated rings. The van der Waals surface area contributed by atoms with Crippen LogP contribution in [0.25, 0.3) is 10.8 Å². The lowest BCUT2D eigenvalue weighted by molar-refractivity contribution is -0.142. The smallest absolute Gasteiger partial charge is 0.410 e. The zero-order valence-electron chi connectivity index (χ0n) is 25.6. The van der Waals surface area contributed by atoms with Gasteiger partial charge >= 0.3 is 12.1 Å². The van der Waals surface area contributed by atoms with Crippen LogP contribution in [0.5, 0.6) is 5.75 Å². The first-order valence-corrected chi connectivity index (χ1v) is 16.3. The van der Waals surface area contributed by atoms with Crippen LogP contribution in [-0.2, 0) is 30.8 Å². The molecule has 11 heteroatoms. The maximum atomic E-state index is 13.6. The van der Waals surface area contributed by atoms with E-state index in [1.54, 1.807) is 48.2 Å². The summed E-state index contributed by atoms with van der Waals surface area (Å²) in [7, 11) is -3.93. The Morgan fingerprint density at radius 2 is 1.68 bits per heavy atom. The molecule has 0 radical (unpaired) electrons. The van der Waals surface area contributed by atoms with Gasteiger partial charge in [-0.15, -0.1) is 0 Å². The highest BCUT2D eigenvalue weighted by Gasteiger charge is 2.28. The number of benzene rings is 3. The van der Waals surface area contributed by atoms with Gasteiger partial charge in [0.2, 0.25) is 10.0 Å². The topological polar surface area (TPSA) is 126 Å². The Labute approximate surface area is 259 Å². The van der Waals surface area contributed by atoms with Crippen molar-refractivity contribution in [2.24, 2.45) is 0 Å². The number of sulfonamides is 1. The second kappa shape index (κ2) is 14.0. The van der Waals surface area contributed by atoms with Crippen LogP contribution in [0.1, 0.15) is 58.1 Å². The van der Waals surface area contributed by atoms with E-state index in [1.807, 2.05) is 45.0 Å². The zero-order chi connectivity index (χ0) is 31.9. The molecule has 0 N–H and O–H groups in total. The van der Waals surface area contributed by atoms with Crippen LogP contribution >= 0.6 is 0 Å². The van der Waals surface area contributed by atoms with Gasteiger partial charge in [-0.25, -0.2) is 13.2 Å². The molecule has 0 unspecified atom stereocenters. The van der Waals surface area contributed by atoms with Gasteiger partial charge in [0.25, 0.3) is 0 Å². The van der Waals surface area contributed by atoms with E-state index in [1.165, 1.54) is 4.31 Å². The van der Waals surface area contributed by atoms with Crippen molar-refractivity contribution < 1.29 is 32.2 Å². The summed E-state index contributed by atoms with van der Waals surface area (Å²) in [6.07, 6.45) is 0.593. The van der Waals surface area contributed by atoms with E-state index < -0.39 is 27.3 Å². The van der Waals surface area contributed by atoms with Crippen LogP contribution in [0.15, 0.2) is 60.7 Å². The van der Waals surface area contributed by atoms with Crippen molar-refractivity contribution >= 4 is 38.5 Å². The fourth-order valence-corrected chi connectivity index (χ4v) is 6.34. The number of piperidine rings is 1. The molecule has 3 aromatic carbocycles. The predicted molar refractivity (Wildman–Crippen MR) is 168 cm³/mol. The summed E-state index contributed by atoms with van der Waals surface area (Å²) in [6, 6.07) is 19.9. The van der Waals surface area contributed by atoms with Gasteiger partial charge in [-0.05, 0) is 86.5 Å². The third-order valence-electron chi connectivity index (χ3n) is 7.09. The summed E-state index contributed by atoms with van der Waals surface area (Å²) in [4.78, 5) is 26.0. The van der Waals surface area contributed by atoms with Crippen molar-refractivity contribution in [1.82, 2.24) is 4.90 Å². The highest BCUT2D eigenvalue weighted by atomic mass is 32.2. The number of hydrogen-bond acceptors (Lipinski definition) is 8. The van der Waals surface area contributed by atoms with Crippen LogP contribution in [-0.4, -0.2) is 62.5 Å². The van der Waals surface area contributed by atoms with E-state index in [2.05, 4.69) is 6.07 Å². The molecule has 1 aliphatic rings. The van der Waals surface area contributed by atoms with Gasteiger partial charge in [0.05, 0.1) is 42.6 Å². The largest absolute Gasteiger partial charge is 0.490 e. The first-order chi connectivity index (χ1) is 20.9. The summed E-state index contributed by atoms with van der Waals surface area (Å²) in [5.41, 5.74) is 1.11. The summed E-state index contributed by atoms with van der Waals surface area (Å²) in [6.45, 7) is 8.42. The number of nitrogens with zero attached hydrogens (tertiary/aromatic N) is 3. The molecular weight excluding hydrogens is 582 g/mol. The second-order valence-electron chi connectivity index (χ2n) is 11.7. The Kier molecular flexibility index (Phi) is 10.4. The zero-order valence-corrected chi connectivity index (χ0v) is 26.4. The van der Waals surface area contributed by atoms with E-state index in [4.69, 9.17) is 14.2 Å². The number of carbonyl (C=O) groups is 2. The van der Waals surface area contributed by atoms with Gasteiger partial charge in [0.1, 0.15) is 17.5 Å². The lowest BCUT2D eigenvalue weighted by atomic mass is 10.0. The molecular formula is C33H39N3O7S. The molecule has 1 aliphatic heterocycles. The van der Waals surface area contributed by atoms with Crippen LogP contribution in [0.4, 0.5) is 10.5 Å². The normalized spacial score (nSPS) is 14.1. The third kappa shape index (κ3) is 8.86. The third-order valence-corrected chi connectivity index (χ3v) is 8.82. The quantitative estimate of drug-likeness (QED) is 0.261. The predicted octanol–water partition coefficient (Wildman–Crippen LogP) is 5.78. The number of nitriles is 1. The maximum absolute atomic E-state index is 13.6. The lowest BCUT2D eigenvalue weighted by Gasteiger charge is -2.33. The molecule has 0 atom stereocenters. The minimum atomic E-state index is -3.93. The molecule has 0 bridgehead atoms. The molecule has 234 valence electrons. The number of amides is 1. The number of ether oxygens (including phenoxy) is 3. The highest BCUT2D eigenvalue weighted by molar-refractivity contribution is 7.92. The minimum absolute atomic E-state index is 0.0290. The van der Waals surface area contributed by atoms with Gasteiger partial charge in [0.15, 0.2) is 0 Å². The van der Waals surface area contributed by atoms with Gasteiger partial charge in [-0.2, -0.15) is 5.26 Å². The standard InChI is InChI=1S/C33H39N3O7S/c1-5-41-31(37)16-19-44(39,40)36(23-25-7-9-26-8-6-24(22-34)20-27(26)21-25)28-10-12-29(13-11-28)42-30-14-17-35(18-15-30)32(38)43-33(2,3)4/h6-13,20-21,30H,5,14-19,23H2,1-4H3. The number of hydrogen-bond donors (Lipinski definition) is 0.